The number of nitrogens with zero attached hydrogens (tertiary/aromatic N) is 3. The molecule has 0 aliphatic rings. The van der Waals surface area contributed by atoms with Crippen molar-refractivity contribution in [2.75, 3.05) is 5.32 Å². The Bertz CT molecular complexity index is 1140. The number of carbonyl (C=O) groups is 2. The molecule has 2 amide bonds. The molecule has 156 valence electrons. The lowest BCUT2D eigenvalue weighted by atomic mass is 10.1. The number of hydrogen-bond donors (Lipinski definition) is 2. The highest BCUT2D eigenvalue weighted by molar-refractivity contribution is 14.1. The number of rotatable bonds is 5. The lowest BCUT2D eigenvalue weighted by molar-refractivity contribution is 0.0954. The smallest absolute Gasteiger partial charge is 0.274 e. The number of amides is 2. The first-order chi connectivity index (χ1) is 14.2. The van der Waals surface area contributed by atoms with Gasteiger partial charge in [0.05, 0.1) is 20.3 Å². The van der Waals surface area contributed by atoms with Crippen molar-refractivity contribution in [2.45, 2.75) is 17.9 Å². The number of halogens is 4. The third-order valence-electron chi connectivity index (χ3n) is 3.97. The molecule has 1 unspecified atom stereocenters. The maximum absolute atomic E-state index is 13.2. The number of carbonyl (C=O) groups excluding carboxylic acids is 2. The first kappa shape index (κ1) is 23.2. The number of anilines is 1. The fraction of sp³-hybridized carbons (Fsp3) is 0.158. The van der Waals surface area contributed by atoms with Crippen molar-refractivity contribution < 1.29 is 9.59 Å². The van der Waals surface area contributed by atoms with E-state index in [9.17, 15) is 9.59 Å². The summed E-state index contributed by atoms with van der Waals surface area (Å²) in [6.45, 7) is 3.67. The Morgan fingerprint density at radius 3 is 2.63 bits per heavy atom. The molecule has 7 nitrogen and oxygen atoms in total. The van der Waals surface area contributed by atoms with Crippen molar-refractivity contribution in [1.29, 1.82) is 0 Å². The number of aromatic nitrogens is 3. The van der Waals surface area contributed by atoms with E-state index in [2.05, 4.69) is 75.2 Å². The third-order valence-corrected chi connectivity index (χ3v) is 5.42. The summed E-state index contributed by atoms with van der Waals surface area (Å²) >= 11 is 15.0. The maximum atomic E-state index is 13.2. The minimum absolute atomic E-state index is 0.0818. The van der Waals surface area contributed by atoms with E-state index < -0.39 is 5.91 Å². The first-order valence-corrected chi connectivity index (χ1v) is 11.8. The summed E-state index contributed by atoms with van der Waals surface area (Å²) in [5.41, 5.74) is 1.69. The molecule has 0 aliphatic carbocycles. The molecule has 1 atom stereocenters. The van der Waals surface area contributed by atoms with Crippen LogP contribution in [0.2, 0.25) is 5.02 Å². The highest BCUT2D eigenvalue weighted by Crippen LogP contribution is 2.28. The molecular weight excluding hydrogens is 652 g/mol. The van der Waals surface area contributed by atoms with Crippen LogP contribution in [-0.4, -0.2) is 30.6 Å². The lowest BCUT2D eigenvalue weighted by Gasteiger charge is -2.16. The summed E-state index contributed by atoms with van der Waals surface area (Å²) in [7, 11) is 0. The minimum atomic E-state index is -0.461. The van der Waals surface area contributed by atoms with Crippen LogP contribution < -0.4 is 10.6 Å². The largest absolute Gasteiger partial charge is 0.341 e. The molecule has 1 aromatic carbocycles. The summed E-state index contributed by atoms with van der Waals surface area (Å²) in [6.07, 6.45) is 1.56. The van der Waals surface area contributed by atoms with Gasteiger partial charge in [-0.15, -0.1) is 0 Å². The van der Waals surface area contributed by atoms with E-state index in [4.69, 9.17) is 11.6 Å². The fourth-order valence-electron chi connectivity index (χ4n) is 2.73. The summed E-state index contributed by atoms with van der Waals surface area (Å²) in [4.78, 5) is 30.1. The van der Waals surface area contributed by atoms with E-state index in [1.165, 1.54) is 4.68 Å². The maximum Gasteiger partial charge on any atom is 0.274 e. The number of hydrogen-bond acceptors (Lipinski definition) is 4. The van der Waals surface area contributed by atoms with Crippen LogP contribution in [0, 0.1) is 6.92 Å². The van der Waals surface area contributed by atoms with Gasteiger partial charge in [0.2, 0.25) is 0 Å². The Morgan fingerprint density at radius 2 is 1.97 bits per heavy atom. The Labute approximate surface area is 208 Å². The summed E-state index contributed by atoms with van der Waals surface area (Å²) in [6, 6.07) is 8.39. The van der Waals surface area contributed by atoms with Gasteiger partial charge in [0.25, 0.3) is 11.8 Å². The molecule has 0 aliphatic heterocycles. The highest BCUT2D eigenvalue weighted by atomic mass is 127. The molecule has 0 spiro atoms. The van der Waals surface area contributed by atoms with E-state index >= 15 is 0 Å². The first-order valence-electron chi connectivity index (χ1n) is 8.60. The van der Waals surface area contributed by atoms with Gasteiger partial charge in [-0.3, -0.25) is 9.59 Å². The predicted molar refractivity (Wildman–Crippen MR) is 132 cm³/mol. The standard InChI is InChI=1S/C19H15Br2ClIN5O2/c1-9-6-11(20)7-12(18(29)25-10(2)23)16(9)26-19(30)14-8-15(21)27-28(14)17-13(22)4-3-5-24-17/h3-8,10H,1-2H3,(H,25,29)(H,26,30). The van der Waals surface area contributed by atoms with Gasteiger partial charge in [0, 0.05) is 16.7 Å². The number of pyridine rings is 1. The van der Waals surface area contributed by atoms with E-state index in [0.29, 0.717) is 26.7 Å². The molecule has 11 heteroatoms. The molecule has 2 N–H and O–H groups in total. The second-order valence-electron chi connectivity index (χ2n) is 6.26. The number of aryl methyl sites for hydroxylation is 1. The third kappa shape index (κ3) is 5.21. The molecule has 0 radical (unpaired) electrons. The van der Waals surface area contributed by atoms with E-state index in [0.717, 1.165) is 10.0 Å². The molecule has 2 aromatic heterocycles. The monoisotopic (exact) mass is 665 g/mol. The van der Waals surface area contributed by atoms with Crippen molar-refractivity contribution >= 4 is 83.6 Å². The molecule has 0 saturated heterocycles. The zero-order chi connectivity index (χ0) is 22.0. The molecule has 0 saturated carbocycles. The molecule has 0 bridgehead atoms. The molecule has 3 aromatic rings. The quantitative estimate of drug-likeness (QED) is 0.213. The predicted octanol–water partition coefficient (Wildman–Crippen LogP) is 5.52. The normalized spacial score (nSPS) is 11.8. The van der Waals surface area contributed by atoms with Crippen LogP contribution in [0.3, 0.4) is 0 Å². The van der Waals surface area contributed by atoms with Gasteiger partial charge in [-0.25, -0.2) is 9.67 Å². The number of alkyl halides is 1. The summed E-state index contributed by atoms with van der Waals surface area (Å²) < 4.78 is 2.44. The van der Waals surface area contributed by atoms with Crippen molar-refractivity contribution in [1.82, 2.24) is 20.1 Å². The van der Waals surface area contributed by atoms with Crippen LogP contribution in [0.4, 0.5) is 5.69 Å². The highest BCUT2D eigenvalue weighted by Gasteiger charge is 2.22. The van der Waals surface area contributed by atoms with Gasteiger partial charge >= 0.3 is 0 Å². The second-order valence-corrected chi connectivity index (χ2v) is 10.3. The van der Waals surface area contributed by atoms with Crippen molar-refractivity contribution in [2.24, 2.45) is 0 Å². The summed E-state index contributed by atoms with van der Waals surface area (Å²) in [5.74, 6) is -0.435. The molecular formula is C19H15Br2ClIN5O2. The lowest BCUT2D eigenvalue weighted by Crippen LogP contribution is -2.29. The van der Waals surface area contributed by atoms with E-state index in [1.54, 1.807) is 30.5 Å². The topological polar surface area (TPSA) is 88.9 Å². The van der Waals surface area contributed by atoms with Crippen LogP contribution in [0.1, 0.15) is 33.3 Å². The van der Waals surface area contributed by atoms with Crippen LogP contribution >= 0.6 is 66.1 Å². The van der Waals surface area contributed by atoms with Gasteiger partial charge in [-0.05, 0) is 59.6 Å². The minimum Gasteiger partial charge on any atom is -0.341 e. The fourth-order valence-corrected chi connectivity index (χ4v) is 4.16. The average Bonchev–Trinajstić information content (AvgIpc) is 3.05. The van der Waals surface area contributed by atoms with Crippen LogP contribution in [0.15, 0.2) is 45.6 Å². The van der Waals surface area contributed by atoms with Gasteiger partial charge in [-0.2, -0.15) is 5.10 Å². The zero-order valence-corrected chi connectivity index (χ0v) is 21.8. The molecule has 0 fully saturated rings. The summed E-state index contributed by atoms with van der Waals surface area (Å²) in [5, 5.41) is 10.3. The SMILES string of the molecule is Cc1cc(Br)cc(C(=O)NC(C)I)c1NC(=O)c1cc(Br)nn1-c1ncccc1Cl. The van der Waals surface area contributed by atoms with E-state index in [-0.39, 0.29) is 15.6 Å². The Morgan fingerprint density at radius 1 is 1.23 bits per heavy atom. The van der Waals surface area contributed by atoms with E-state index in [1.807, 2.05) is 19.9 Å². The molecule has 2 heterocycles. The van der Waals surface area contributed by atoms with Crippen molar-refractivity contribution in [3.63, 3.8) is 0 Å². The number of benzene rings is 1. The van der Waals surface area contributed by atoms with Gasteiger partial charge in [-0.1, -0.05) is 50.1 Å². The Kier molecular flexibility index (Phi) is 7.53. The average molecular weight is 668 g/mol. The molecule has 30 heavy (non-hydrogen) atoms. The second kappa shape index (κ2) is 9.75. The number of nitrogens with one attached hydrogen (secondary N) is 2. The Balaban J connectivity index is 2.02. The van der Waals surface area contributed by atoms with Gasteiger partial charge < -0.3 is 10.6 Å². The molecule has 3 rings (SSSR count). The van der Waals surface area contributed by atoms with Crippen LogP contribution in [0.25, 0.3) is 5.82 Å². The Hall–Kier alpha value is -1.50. The van der Waals surface area contributed by atoms with Crippen molar-refractivity contribution in [3.8, 4) is 5.82 Å². The van der Waals surface area contributed by atoms with Crippen LogP contribution in [-0.2, 0) is 0 Å². The zero-order valence-electron chi connectivity index (χ0n) is 15.7. The van der Waals surface area contributed by atoms with Crippen LogP contribution in [0.5, 0.6) is 0 Å². The van der Waals surface area contributed by atoms with Gasteiger partial charge in [0.1, 0.15) is 10.3 Å². The van der Waals surface area contributed by atoms with Crippen molar-refractivity contribution in [3.05, 3.63) is 67.4 Å². The van der Waals surface area contributed by atoms with Gasteiger partial charge in [0.15, 0.2) is 5.82 Å².